The predicted octanol–water partition coefficient (Wildman–Crippen LogP) is 2.38. The number of nitro groups is 1. The van der Waals surface area contributed by atoms with Crippen LogP contribution in [0.3, 0.4) is 0 Å². The van der Waals surface area contributed by atoms with Crippen LogP contribution in [0.2, 0.25) is 0 Å². The number of rotatable bonds is 7. The predicted molar refractivity (Wildman–Crippen MR) is 99.1 cm³/mol. The first kappa shape index (κ1) is 20.3. The van der Waals surface area contributed by atoms with E-state index in [4.69, 9.17) is 9.88 Å². The van der Waals surface area contributed by atoms with Gasteiger partial charge in [-0.3, -0.25) is 14.9 Å². The Morgan fingerprint density at radius 2 is 1.96 bits per heavy atom. The smallest absolute Gasteiger partial charge is 0.312 e. The minimum atomic E-state index is -4.10. The summed E-state index contributed by atoms with van der Waals surface area (Å²) in [6.07, 6.45) is 0. The summed E-state index contributed by atoms with van der Waals surface area (Å²) in [6, 6.07) is 10.2. The fourth-order valence-corrected chi connectivity index (χ4v) is 2.79. The topological polar surface area (TPSA) is 142 Å². The Kier molecular flexibility index (Phi) is 6.13. The molecule has 0 bridgehead atoms. The lowest BCUT2D eigenvalue weighted by atomic mass is 10.0. The molecule has 0 radical (unpaired) electrons. The van der Waals surface area contributed by atoms with Gasteiger partial charge in [0.15, 0.2) is 12.4 Å². The van der Waals surface area contributed by atoms with Crippen LogP contribution in [0, 0.1) is 10.1 Å². The van der Waals surface area contributed by atoms with Gasteiger partial charge < -0.3 is 10.1 Å². The molecule has 0 heterocycles. The zero-order valence-corrected chi connectivity index (χ0v) is 15.5. The summed E-state index contributed by atoms with van der Waals surface area (Å²) in [5.74, 6) is -0.461. The second-order valence-electron chi connectivity index (χ2n) is 6.05. The van der Waals surface area contributed by atoms with Crippen molar-refractivity contribution < 1.29 is 22.9 Å². The van der Waals surface area contributed by atoms with Crippen LogP contribution in [0.4, 0.5) is 11.4 Å². The number of amides is 1. The van der Waals surface area contributed by atoms with Crippen molar-refractivity contribution >= 4 is 27.3 Å². The van der Waals surface area contributed by atoms with Crippen molar-refractivity contribution in [2.75, 3.05) is 11.9 Å². The number of nitrogens with two attached hydrogens (primary N) is 1. The average Bonchev–Trinajstić information content (AvgIpc) is 2.59. The van der Waals surface area contributed by atoms with Gasteiger partial charge in [0.25, 0.3) is 5.91 Å². The largest absolute Gasteiger partial charge is 0.477 e. The lowest BCUT2D eigenvalue weighted by Gasteiger charge is -2.11. The molecule has 0 aromatic heterocycles. The van der Waals surface area contributed by atoms with E-state index in [-0.39, 0.29) is 11.7 Å². The number of hydrogen-bond acceptors (Lipinski definition) is 6. The van der Waals surface area contributed by atoms with Crippen molar-refractivity contribution in [2.24, 2.45) is 5.14 Å². The minimum absolute atomic E-state index is 0.238. The third-order valence-electron chi connectivity index (χ3n) is 3.65. The summed E-state index contributed by atoms with van der Waals surface area (Å²) in [6.45, 7) is 3.56. The van der Waals surface area contributed by atoms with E-state index in [1.165, 1.54) is 0 Å². The minimum Gasteiger partial charge on any atom is -0.477 e. The summed E-state index contributed by atoms with van der Waals surface area (Å²) in [7, 11) is -4.10. The van der Waals surface area contributed by atoms with Gasteiger partial charge in [0, 0.05) is 11.8 Å². The Hall–Kier alpha value is -2.98. The van der Waals surface area contributed by atoms with Gasteiger partial charge in [-0.1, -0.05) is 26.0 Å². The molecule has 144 valence electrons. The average molecular weight is 393 g/mol. The monoisotopic (exact) mass is 393 g/mol. The van der Waals surface area contributed by atoms with Crippen molar-refractivity contribution in [2.45, 2.75) is 24.7 Å². The molecule has 0 fully saturated rings. The molecule has 0 spiro atoms. The zero-order chi connectivity index (χ0) is 20.2. The molecule has 0 aliphatic rings. The number of anilines is 1. The molecular formula is C17H19N3O6S. The Balaban J connectivity index is 2.11. The maximum absolute atomic E-state index is 12.1. The number of ether oxygens (including phenoxy) is 1. The van der Waals surface area contributed by atoms with Gasteiger partial charge in [0.05, 0.1) is 9.82 Å². The molecule has 0 saturated carbocycles. The van der Waals surface area contributed by atoms with E-state index in [0.29, 0.717) is 5.69 Å². The maximum Gasteiger partial charge on any atom is 0.312 e. The van der Waals surface area contributed by atoms with Gasteiger partial charge >= 0.3 is 5.69 Å². The number of benzene rings is 2. The van der Waals surface area contributed by atoms with Gasteiger partial charge in [0.2, 0.25) is 10.0 Å². The van der Waals surface area contributed by atoms with E-state index in [0.717, 1.165) is 23.8 Å². The molecule has 9 nitrogen and oxygen atoms in total. The number of nitro benzene ring substituents is 1. The Bertz CT molecular complexity index is 972. The fraction of sp³-hybridized carbons (Fsp3) is 0.235. The highest BCUT2D eigenvalue weighted by molar-refractivity contribution is 7.89. The van der Waals surface area contributed by atoms with Gasteiger partial charge in [-0.15, -0.1) is 0 Å². The van der Waals surface area contributed by atoms with Crippen LogP contribution >= 0.6 is 0 Å². The van der Waals surface area contributed by atoms with Crippen LogP contribution in [-0.2, 0) is 14.8 Å². The zero-order valence-electron chi connectivity index (χ0n) is 14.7. The quantitative estimate of drug-likeness (QED) is 0.546. The number of carbonyl (C=O) groups excluding carboxylic acids is 1. The molecule has 0 atom stereocenters. The Morgan fingerprint density at radius 1 is 1.26 bits per heavy atom. The standard InChI is InChI=1S/C17H19N3O6S/c1-11(2)12-4-3-5-13(8-12)19-17(21)10-26-16-7-6-14(27(18,24)25)9-15(16)20(22)23/h3-9,11H,10H2,1-2H3,(H,19,21)(H2,18,24,25). The third kappa shape index (κ3) is 5.50. The molecule has 0 saturated heterocycles. The van der Waals surface area contributed by atoms with E-state index < -0.39 is 38.0 Å². The van der Waals surface area contributed by atoms with Crippen molar-refractivity contribution in [1.82, 2.24) is 0 Å². The highest BCUT2D eigenvalue weighted by Crippen LogP contribution is 2.29. The Labute approximate surface area is 156 Å². The number of nitrogens with zero attached hydrogens (tertiary/aromatic N) is 1. The number of hydrogen-bond donors (Lipinski definition) is 2. The number of primary sulfonamides is 1. The van der Waals surface area contributed by atoms with Crippen molar-refractivity contribution in [3.63, 3.8) is 0 Å². The molecule has 0 aliphatic carbocycles. The second-order valence-corrected chi connectivity index (χ2v) is 7.61. The second kappa shape index (κ2) is 8.14. The highest BCUT2D eigenvalue weighted by atomic mass is 32.2. The summed E-state index contributed by atoms with van der Waals surface area (Å²) in [5, 5.41) is 18.7. The molecule has 10 heteroatoms. The van der Waals surface area contributed by atoms with Gasteiger partial charge in [-0.05, 0) is 35.7 Å². The molecule has 2 rings (SSSR count). The molecule has 1 amide bonds. The van der Waals surface area contributed by atoms with E-state index in [2.05, 4.69) is 5.32 Å². The SMILES string of the molecule is CC(C)c1cccc(NC(=O)COc2ccc(S(N)(=O)=O)cc2[N+](=O)[O-])c1. The molecular weight excluding hydrogens is 374 g/mol. The van der Waals surface area contributed by atoms with Crippen LogP contribution < -0.4 is 15.2 Å². The third-order valence-corrected chi connectivity index (χ3v) is 4.56. The van der Waals surface area contributed by atoms with Crippen LogP contribution in [0.5, 0.6) is 5.75 Å². The first-order valence-corrected chi connectivity index (χ1v) is 9.46. The highest BCUT2D eigenvalue weighted by Gasteiger charge is 2.21. The van der Waals surface area contributed by atoms with E-state index in [1.54, 1.807) is 6.07 Å². The molecule has 0 aliphatic heterocycles. The first-order valence-electron chi connectivity index (χ1n) is 7.92. The summed E-state index contributed by atoms with van der Waals surface area (Å²) >= 11 is 0. The van der Waals surface area contributed by atoms with E-state index in [9.17, 15) is 23.3 Å². The Morgan fingerprint density at radius 3 is 2.56 bits per heavy atom. The van der Waals surface area contributed by atoms with Crippen molar-refractivity contribution in [3.8, 4) is 5.75 Å². The lowest BCUT2D eigenvalue weighted by molar-refractivity contribution is -0.386. The maximum atomic E-state index is 12.1. The molecule has 3 N–H and O–H groups in total. The number of carbonyl (C=O) groups is 1. The fourth-order valence-electron chi connectivity index (χ4n) is 2.25. The van der Waals surface area contributed by atoms with E-state index >= 15 is 0 Å². The molecule has 2 aromatic carbocycles. The van der Waals surface area contributed by atoms with Gasteiger partial charge in [0.1, 0.15) is 0 Å². The molecule has 0 unspecified atom stereocenters. The first-order chi connectivity index (χ1) is 12.6. The lowest BCUT2D eigenvalue weighted by Crippen LogP contribution is -2.20. The molecule has 27 heavy (non-hydrogen) atoms. The van der Waals surface area contributed by atoms with Crippen LogP contribution in [0.15, 0.2) is 47.4 Å². The summed E-state index contributed by atoms with van der Waals surface area (Å²) in [5.41, 5.74) is 1.02. The van der Waals surface area contributed by atoms with Crippen LogP contribution in [-0.4, -0.2) is 25.9 Å². The normalized spacial score (nSPS) is 11.3. The molecule has 2 aromatic rings. The number of sulfonamides is 1. The van der Waals surface area contributed by atoms with Crippen molar-refractivity contribution in [1.29, 1.82) is 0 Å². The van der Waals surface area contributed by atoms with Gasteiger partial charge in [-0.25, -0.2) is 13.6 Å². The number of nitrogens with one attached hydrogen (secondary N) is 1. The van der Waals surface area contributed by atoms with E-state index in [1.807, 2.05) is 32.0 Å². The van der Waals surface area contributed by atoms with Crippen molar-refractivity contribution in [3.05, 3.63) is 58.1 Å². The van der Waals surface area contributed by atoms with Crippen LogP contribution in [0.25, 0.3) is 0 Å². The summed E-state index contributed by atoms with van der Waals surface area (Å²) < 4.78 is 27.8. The van der Waals surface area contributed by atoms with Crippen LogP contribution in [0.1, 0.15) is 25.3 Å². The summed E-state index contributed by atoms with van der Waals surface area (Å²) in [4.78, 5) is 21.9. The van der Waals surface area contributed by atoms with Gasteiger partial charge in [-0.2, -0.15) is 0 Å².